The number of amides is 2. The zero-order valence-electron chi connectivity index (χ0n) is 18.8. The van der Waals surface area contributed by atoms with Crippen LogP contribution in [0, 0.1) is 5.92 Å². The predicted molar refractivity (Wildman–Crippen MR) is 125 cm³/mol. The molecule has 2 aliphatic rings. The molecule has 1 aromatic heterocycles. The number of carbonyl (C=O) groups is 2. The molecule has 2 aromatic carbocycles. The first-order valence-electron chi connectivity index (χ1n) is 11.4. The Morgan fingerprint density at radius 3 is 2.48 bits per heavy atom. The topological polar surface area (TPSA) is 87.3 Å². The average molecular weight is 445 g/mol. The van der Waals surface area contributed by atoms with Crippen molar-refractivity contribution in [1.29, 1.82) is 0 Å². The number of piperidine rings is 1. The number of hydrogen-bond donors (Lipinski definition) is 2. The van der Waals surface area contributed by atoms with E-state index in [0.29, 0.717) is 5.92 Å². The Labute approximate surface area is 193 Å². The highest BCUT2D eigenvalue weighted by atomic mass is 16.5. The number of H-pyrrole nitrogens is 1. The van der Waals surface area contributed by atoms with Crippen LogP contribution in [0.15, 0.2) is 60.8 Å². The van der Waals surface area contributed by atoms with E-state index in [9.17, 15) is 9.59 Å². The maximum absolute atomic E-state index is 13.2. The van der Waals surface area contributed by atoms with Crippen LogP contribution < -0.4 is 5.32 Å². The molecule has 0 radical (unpaired) electrons. The minimum atomic E-state index is -0.653. The third-order valence-electron chi connectivity index (χ3n) is 6.91. The van der Waals surface area contributed by atoms with Gasteiger partial charge >= 0.3 is 6.09 Å². The van der Waals surface area contributed by atoms with E-state index in [1.807, 2.05) is 29.3 Å². The van der Waals surface area contributed by atoms with Gasteiger partial charge in [-0.25, -0.2) is 9.78 Å². The molecule has 1 saturated carbocycles. The number of carbonyl (C=O) groups excluding carboxylic acids is 2. The molecular weight excluding hydrogens is 416 g/mol. The van der Waals surface area contributed by atoms with Crippen molar-refractivity contribution in [3.05, 3.63) is 66.6 Å². The first-order valence-corrected chi connectivity index (χ1v) is 11.4. The number of alkyl carbamates (subject to hydrolysis) is 1. The van der Waals surface area contributed by atoms with E-state index in [0.717, 1.165) is 41.9 Å². The lowest BCUT2D eigenvalue weighted by atomic mass is 9.97. The van der Waals surface area contributed by atoms with Gasteiger partial charge < -0.3 is 19.9 Å². The zero-order valence-corrected chi connectivity index (χ0v) is 18.8. The quantitative estimate of drug-likeness (QED) is 0.605. The molecule has 5 rings (SSSR count). The maximum Gasteiger partial charge on any atom is 0.407 e. The van der Waals surface area contributed by atoms with Crippen molar-refractivity contribution >= 4 is 12.0 Å². The number of hydrogen-bond acceptors (Lipinski definition) is 4. The van der Waals surface area contributed by atoms with Crippen LogP contribution in [-0.4, -0.2) is 46.1 Å². The highest BCUT2D eigenvalue weighted by Gasteiger charge is 2.50. The highest BCUT2D eigenvalue weighted by Crippen LogP contribution is 2.50. The van der Waals surface area contributed by atoms with Crippen LogP contribution >= 0.6 is 0 Å². The van der Waals surface area contributed by atoms with Gasteiger partial charge in [-0.15, -0.1) is 0 Å². The van der Waals surface area contributed by atoms with Gasteiger partial charge in [-0.1, -0.05) is 54.6 Å². The molecule has 7 heteroatoms. The van der Waals surface area contributed by atoms with Gasteiger partial charge in [0.1, 0.15) is 11.9 Å². The monoisotopic (exact) mass is 444 g/mol. The lowest BCUT2D eigenvalue weighted by Crippen LogP contribution is -2.50. The van der Waals surface area contributed by atoms with Gasteiger partial charge in [0.15, 0.2) is 0 Å². The molecule has 1 aliphatic heterocycles. The molecule has 33 heavy (non-hydrogen) atoms. The van der Waals surface area contributed by atoms with Gasteiger partial charge in [-0.2, -0.15) is 0 Å². The van der Waals surface area contributed by atoms with Crippen molar-refractivity contribution in [2.45, 2.75) is 44.3 Å². The summed E-state index contributed by atoms with van der Waals surface area (Å²) >= 11 is 0. The predicted octanol–water partition coefficient (Wildman–Crippen LogP) is 4.54. The lowest BCUT2D eigenvalue weighted by molar-refractivity contribution is -0.137. The van der Waals surface area contributed by atoms with E-state index in [4.69, 9.17) is 0 Å². The van der Waals surface area contributed by atoms with E-state index in [2.05, 4.69) is 56.4 Å². The molecule has 1 aliphatic carbocycles. The van der Waals surface area contributed by atoms with Crippen LogP contribution in [0.2, 0.25) is 0 Å². The number of methoxy groups -OCH3 is 1. The molecule has 170 valence electrons. The number of ether oxygens (including phenoxy) is 1. The number of nitrogens with zero attached hydrogens (tertiary/aromatic N) is 2. The molecule has 4 unspecified atom stereocenters. The van der Waals surface area contributed by atoms with Crippen LogP contribution in [-0.2, 0) is 9.53 Å². The van der Waals surface area contributed by atoms with Crippen LogP contribution in [0.25, 0.3) is 22.4 Å². The second kappa shape index (κ2) is 8.73. The molecule has 4 atom stereocenters. The molecule has 2 fully saturated rings. The van der Waals surface area contributed by atoms with Crippen molar-refractivity contribution in [1.82, 2.24) is 20.2 Å². The molecule has 3 aromatic rings. The van der Waals surface area contributed by atoms with Gasteiger partial charge in [0, 0.05) is 6.04 Å². The molecule has 1 saturated heterocycles. The molecule has 0 spiro atoms. The number of likely N-dealkylation sites (tertiary alicyclic amines) is 1. The van der Waals surface area contributed by atoms with Crippen molar-refractivity contribution in [3.63, 3.8) is 0 Å². The summed E-state index contributed by atoms with van der Waals surface area (Å²) in [5, 5.41) is 2.60. The van der Waals surface area contributed by atoms with Crippen molar-refractivity contribution in [3.8, 4) is 22.4 Å². The third-order valence-corrected chi connectivity index (χ3v) is 6.91. The largest absolute Gasteiger partial charge is 0.453 e. The standard InChI is InChI=1S/C26H28N4O3/c1-16(28-26(32)33-2)25(31)30-21-13-12-20(14-21)23(30)24-27-15-22(29-24)19-10-8-18(9-11-19)17-6-4-3-5-7-17/h3-11,15-16,20-21,23H,12-14H2,1-2H3,(H,27,29)(H,28,32). The Balaban J connectivity index is 1.37. The van der Waals surface area contributed by atoms with Crippen LogP contribution in [0.1, 0.15) is 38.1 Å². The van der Waals surface area contributed by atoms with E-state index in [1.54, 1.807) is 6.92 Å². The molecule has 7 nitrogen and oxygen atoms in total. The fourth-order valence-corrected chi connectivity index (χ4v) is 5.28. The Morgan fingerprint density at radius 1 is 1.06 bits per heavy atom. The molecule has 2 heterocycles. The first-order chi connectivity index (χ1) is 16.0. The summed E-state index contributed by atoms with van der Waals surface area (Å²) in [4.78, 5) is 34.9. The Morgan fingerprint density at radius 2 is 1.76 bits per heavy atom. The minimum Gasteiger partial charge on any atom is -0.453 e. The minimum absolute atomic E-state index is 0.0947. The van der Waals surface area contributed by atoms with Crippen molar-refractivity contribution in [2.75, 3.05) is 7.11 Å². The number of benzene rings is 2. The SMILES string of the molecule is COC(=O)NC(C)C(=O)N1C2CCC(C2)C1c1ncc(-c2ccc(-c3ccccc3)cc2)[nH]1. The summed E-state index contributed by atoms with van der Waals surface area (Å²) < 4.78 is 4.66. The lowest BCUT2D eigenvalue weighted by Gasteiger charge is -2.36. The van der Waals surface area contributed by atoms with Crippen LogP contribution in [0.5, 0.6) is 0 Å². The number of nitrogens with one attached hydrogen (secondary N) is 2. The van der Waals surface area contributed by atoms with E-state index in [-0.39, 0.29) is 18.0 Å². The van der Waals surface area contributed by atoms with Gasteiger partial charge in [0.2, 0.25) is 5.91 Å². The first kappa shape index (κ1) is 21.2. The summed E-state index contributed by atoms with van der Waals surface area (Å²) in [7, 11) is 1.30. The second-order valence-electron chi connectivity index (χ2n) is 8.90. The molecular formula is C26H28N4O3. The summed E-state index contributed by atoms with van der Waals surface area (Å²) in [5.74, 6) is 1.09. The summed E-state index contributed by atoms with van der Waals surface area (Å²) in [6.45, 7) is 1.70. The number of imidazole rings is 1. The third kappa shape index (κ3) is 3.99. The summed E-state index contributed by atoms with van der Waals surface area (Å²) in [5.41, 5.74) is 4.33. The van der Waals surface area contributed by atoms with Crippen molar-refractivity contribution < 1.29 is 14.3 Å². The summed E-state index contributed by atoms with van der Waals surface area (Å²) in [6, 6.07) is 18.1. The van der Waals surface area contributed by atoms with E-state index < -0.39 is 12.1 Å². The van der Waals surface area contributed by atoms with Gasteiger partial charge in [0.05, 0.1) is 25.0 Å². The van der Waals surface area contributed by atoms with Crippen LogP contribution in [0.3, 0.4) is 0 Å². The van der Waals surface area contributed by atoms with Gasteiger partial charge in [-0.05, 0) is 48.8 Å². The maximum atomic E-state index is 13.2. The number of aromatic amines is 1. The molecule has 2 bridgehead atoms. The van der Waals surface area contributed by atoms with E-state index in [1.165, 1.54) is 12.7 Å². The van der Waals surface area contributed by atoms with Crippen LogP contribution in [0.4, 0.5) is 4.79 Å². The normalized spacial score (nSPS) is 22.2. The second-order valence-corrected chi connectivity index (χ2v) is 8.90. The highest BCUT2D eigenvalue weighted by molar-refractivity contribution is 5.86. The fourth-order valence-electron chi connectivity index (χ4n) is 5.28. The smallest absolute Gasteiger partial charge is 0.407 e. The van der Waals surface area contributed by atoms with Crippen molar-refractivity contribution in [2.24, 2.45) is 5.92 Å². The average Bonchev–Trinajstić information content (AvgIpc) is 3.60. The summed E-state index contributed by atoms with van der Waals surface area (Å²) in [6.07, 6.45) is 4.29. The Kier molecular flexibility index (Phi) is 5.62. The van der Waals surface area contributed by atoms with Gasteiger partial charge in [-0.3, -0.25) is 4.79 Å². The number of fused-ring (bicyclic) bond motifs is 2. The molecule has 2 amide bonds. The fraction of sp³-hybridized carbons (Fsp3) is 0.346. The zero-order chi connectivity index (χ0) is 22.9. The van der Waals surface area contributed by atoms with Gasteiger partial charge in [0.25, 0.3) is 0 Å². The van der Waals surface area contributed by atoms with E-state index >= 15 is 0 Å². The molecule has 2 N–H and O–H groups in total. The number of rotatable bonds is 5. The Hall–Kier alpha value is -3.61. The number of aromatic nitrogens is 2. The Bertz CT molecular complexity index is 1140.